The van der Waals surface area contributed by atoms with E-state index in [1.165, 1.54) is 6.07 Å². The molecule has 0 saturated heterocycles. The summed E-state index contributed by atoms with van der Waals surface area (Å²) in [4.78, 5) is 11.8. The number of carbonyl (C=O) groups excluding carboxylic acids is 1. The van der Waals surface area contributed by atoms with Crippen molar-refractivity contribution in [2.45, 2.75) is 19.9 Å². The quantitative estimate of drug-likeness (QED) is 0.820. The summed E-state index contributed by atoms with van der Waals surface area (Å²) < 4.78 is 13.3. The normalized spacial score (nSPS) is 12.3. The molecule has 0 aliphatic carbocycles. The fraction of sp³-hybridized carbons (Fsp3) is 0.417. The lowest BCUT2D eigenvalue weighted by Crippen LogP contribution is -2.38. The first-order valence-electron chi connectivity index (χ1n) is 5.61. The number of halogens is 3. The second kappa shape index (κ2) is 6.92. The summed E-state index contributed by atoms with van der Waals surface area (Å²) >= 11 is 11.4. The summed E-state index contributed by atoms with van der Waals surface area (Å²) in [5.41, 5.74) is 0.0854. The Bertz CT molecular complexity index is 440. The highest BCUT2D eigenvalue weighted by Gasteiger charge is 2.14. The average molecular weight is 293 g/mol. The van der Waals surface area contributed by atoms with Gasteiger partial charge in [-0.1, -0.05) is 30.1 Å². The smallest absolute Gasteiger partial charge is 0.252 e. The lowest BCUT2D eigenvalue weighted by atomic mass is 10.2. The van der Waals surface area contributed by atoms with Crippen LogP contribution in [0.3, 0.4) is 0 Å². The first-order valence-corrected chi connectivity index (χ1v) is 6.37. The van der Waals surface area contributed by atoms with E-state index < -0.39 is 11.7 Å². The van der Waals surface area contributed by atoms with E-state index in [1.807, 2.05) is 13.8 Å². The standard InChI is InChI=1S/C12H15Cl2FN2O/c1-3-16-7(2)6-17-12(18)8-4-11(15)10(14)5-9(8)13/h4-5,7,16H,3,6H2,1-2H3,(H,17,18)/t7-/m1/s1. The largest absolute Gasteiger partial charge is 0.350 e. The number of hydrogen-bond acceptors (Lipinski definition) is 2. The van der Waals surface area contributed by atoms with Gasteiger partial charge in [-0.15, -0.1) is 0 Å². The predicted octanol–water partition coefficient (Wildman–Crippen LogP) is 2.86. The Hall–Kier alpha value is -0.840. The highest BCUT2D eigenvalue weighted by atomic mass is 35.5. The van der Waals surface area contributed by atoms with E-state index >= 15 is 0 Å². The van der Waals surface area contributed by atoms with Crippen LogP contribution in [0.2, 0.25) is 10.0 Å². The SMILES string of the molecule is CCN[C@H](C)CNC(=O)c1cc(F)c(Cl)cc1Cl. The van der Waals surface area contributed by atoms with E-state index in [0.717, 1.165) is 12.6 Å². The summed E-state index contributed by atoms with van der Waals surface area (Å²) in [6, 6.07) is 2.40. The van der Waals surface area contributed by atoms with Gasteiger partial charge in [-0.2, -0.15) is 0 Å². The van der Waals surface area contributed by atoms with E-state index in [9.17, 15) is 9.18 Å². The summed E-state index contributed by atoms with van der Waals surface area (Å²) in [7, 11) is 0. The highest BCUT2D eigenvalue weighted by Crippen LogP contribution is 2.24. The number of hydrogen-bond donors (Lipinski definition) is 2. The van der Waals surface area contributed by atoms with E-state index in [4.69, 9.17) is 23.2 Å². The second-order valence-electron chi connectivity index (χ2n) is 3.91. The van der Waals surface area contributed by atoms with Crippen LogP contribution in [-0.4, -0.2) is 25.0 Å². The van der Waals surface area contributed by atoms with Crippen molar-refractivity contribution in [1.29, 1.82) is 0 Å². The van der Waals surface area contributed by atoms with Gasteiger partial charge in [0.25, 0.3) is 5.91 Å². The maximum absolute atomic E-state index is 13.3. The number of amides is 1. The molecule has 0 aromatic heterocycles. The predicted molar refractivity (Wildman–Crippen MR) is 71.9 cm³/mol. The fourth-order valence-electron chi connectivity index (χ4n) is 1.46. The van der Waals surface area contributed by atoms with Crippen LogP contribution in [0.1, 0.15) is 24.2 Å². The Balaban J connectivity index is 2.70. The van der Waals surface area contributed by atoms with Crippen LogP contribution in [0, 0.1) is 5.82 Å². The molecule has 0 aliphatic rings. The molecule has 0 saturated carbocycles. The van der Waals surface area contributed by atoms with Crippen LogP contribution in [0.25, 0.3) is 0 Å². The van der Waals surface area contributed by atoms with Crippen molar-refractivity contribution in [2.75, 3.05) is 13.1 Å². The van der Waals surface area contributed by atoms with E-state index in [0.29, 0.717) is 6.54 Å². The number of benzene rings is 1. The maximum Gasteiger partial charge on any atom is 0.252 e. The van der Waals surface area contributed by atoms with Crippen LogP contribution in [-0.2, 0) is 0 Å². The molecule has 0 fully saturated rings. The van der Waals surface area contributed by atoms with Crippen LogP contribution in [0.15, 0.2) is 12.1 Å². The van der Waals surface area contributed by atoms with Crippen molar-refractivity contribution >= 4 is 29.1 Å². The zero-order valence-electron chi connectivity index (χ0n) is 10.2. The van der Waals surface area contributed by atoms with E-state index in [1.54, 1.807) is 0 Å². The third kappa shape index (κ3) is 4.12. The summed E-state index contributed by atoms with van der Waals surface area (Å²) in [6.45, 7) is 5.16. The van der Waals surface area contributed by atoms with Gasteiger partial charge in [0.15, 0.2) is 0 Å². The van der Waals surface area contributed by atoms with Crippen LogP contribution in [0.4, 0.5) is 4.39 Å². The van der Waals surface area contributed by atoms with Crippen molar-refractivity contribution in [3.05, 3.63) is 33.6 Å². The minimum Gasteiger partial charge on any atom is -0.350 e. The monoisotopic (exact) mass is 292 g/mol. The van der Waals surface area contributed by atoms with Gasteiger partial charge in [-0.05, 0) is 25.6 Å². The number of nitrogens with one attached hydrogen (secondary N) is 2. The molecule has 0 unspecified atom stereocenters. The van der Waals surface area contributed by atoms with Crippen molar-refractivity contribution in [1.82, 2.24) is 10.6 Å². The Kier molecular flexibility index (Phi) is 5.85. The molecule has 1 atom stereocenters. The molecule has 0 aliphatic heterocycles. The lowest BCUT2D eigenvalue weighted by Gasteiger charge is -2.13. The first-order chi connectivity index (χ1) is 8.45. The molecule has 1 amide bonds. The van der Waals surface area contributed by atoms with E-state index in [-0.39, 0.29) is 21.7 Å². The Labute approximate surface area is 116 Å². The van der Waals surface area contributed by atoms with E-state index in [2.05, 4.69) is 10.6 Å². The number of carbonyl (C=O) groups is 1. The van der Waals surface area contributed by atoms with Crippen molar-refractivity contribution in [2.24, 2.45) is 0 Å². The van der Waals surface area contributed by atoms with Gasteiger partial charge in [0.1, 0.15) is 5.82 Å². The zero-order chi connectivity index (χ0) is 13.7. The molecule has 1 rings (SSSR count). The van der Waals surface area contributed by atoms with Gasteiger partial charge in [-0.25, -0.2) is 4.39 Å². The second-order valence-corrected chi connectivity index (χ2v) is 4.73. The van der Waals surface area contributed by atoms with Gasteiger partial charge in [0.2, 0.25) is 0 Å². The lowest BCUT2D eigenvalue weighted by molar-refractivity contribution is 0.0950. The molecule has 0 spiro atoms. The number of likely N-dealkylation sites (N-methyl/N-ethyl adjacent to an activating group) is 1. The van der Waals surface area contributed by atoms with Gasteiger partial charge in [0.05, 0.1) is 15.6 Å². The third-order valence-corrected chi connectivity index (χ3v) is 2.98. The Morgan fingerprint density at radius 2 is 2.06 bits per heavy atom. The summed E-state index contributed by atoms with van der Waals surface area (Å²) in [5.74, 6) is -1.08. The third-order valence-electron chi connectivity index (χ3n) is 2.38. The number of rotatable bonds is 5. The van der Waals surface area contributed by atoms with Crippen LogP contribution >= 0.6 is 23.2 Å². The molecule has 2 N–H and O–H groups in total. The van der Waals surface area contributed by atoms with Gasteiger partial charge in [-0.3, -0.25) is 4.79 Å². The van der Waals surface area contributed by atoms with Gasteiger partial charge in [0, 0.05) is 12.6 Å². The zero-order valence-corrected chi connectivity index (χ0v) is 11.7. The molecule has 100 valence electrons. The molecule has 3 nitrogen and oxygen atoms in total. The minimum absolute atomic E-state index is 0.0854. The molecular formula is C12H15Cl2FN2O. The highest BCUT2D eigenvalue weighted by molar-refractivity contribution is 6.36. The average Bonchev–Trinajstić information content (AvgIpc) is 2.31. The van der Waals surface area contributed by atoms with Crippen LogP contribution in [0.5, 0.6) is 0 Å². The molecular weight excluding hydrogens is 278 g/mol. The summed E-state index contributed by atoms with van der Waals surface area (Å²) in [5, 5.41) is 5.85. The van der Waals surface area contributed by atoms with Crippen molar-refractivity contribution < 1.29 is 9.18 Å². The molecule has 0 bridgehead atoms. The van der Waals surface area contributed by atoms with Gasteiger partial charge >= 0.3 is 0 Å². The molecule has 0 heterocycles. The fourth-order valence-corrected chi connectivity index (χ4v) is 1.93. The van der Waals surface area contributed by atoms with Crippen LogP contribution < -0.4 is 10.6 Å². The molecule has 1 aromatic rings. The molecule has 1 aromatic carbocycles. The first kappa shape index (κ1) is 15.2. The Morgan fingerprint density at radius 3 is 2.67 bits per heavy atom. The molecule has 18 heavy (non-hydrogen) atoms. The molecule has 6 heteroatoms. The topological polar surface area (TPSA) is 41.1 Å². The Morgan fingerprint density at radius 1 is 1.39 bits per heavy atom. The van der Waals surface area contributed by atoms with Crippen molar-refractivity contribution in [3.63, 3.8) is 0 Å². The van der Waals surface area contributed by atoms with Crippen molar-refractivity contribution in [3.8, 4) is 0 Å². The summed E-state index contributed by atoms with van der Waals surface area (Å²) in [6.07, 6.45) is 0. The maximum atomic E-state index is 13.3. The minimum atomic E-state index is -0.661. The van der Waals surface area contributed by atoms with Gasteiger partial charge < -0.3 is 10.6 Å². The molecule has 0 radical (unpaired) electrons.